The molecule has 0 aromatic carbocycles. The summed E-state index contributed by atoms with van der Waals surface area (Å²) in [6, 6.07) is 6.10. The number of rotatable bonds is 4. The van der Waals surface area contributed by atoms with E-state index in [2.05, 4.69) is 10.3 Å². The van der Waals surface area contributed by atoms with E-state index in [-0.39, 0.29) is 6.04 Å². The average Bonchev–Trinajstić information content (AvgIpc) is 2.88. The molecule has 2 aromatic rings. The standard InChI is InChI=1S/C14H20N4O2S/c1-21(19,20)17-7-4-5-12(11-17)15-9-13-10-16-14-6-2-3-8-18(13)14/h2-3,6,8,10,12,15H,4-5,7,9,11H2,1H3. The number of sulfonamides is 1. The van der Waals surface area contributed by atoms with E-state index in [9.17, 15) is 8.42 Å². The lowest BCUT2D eigenvalue weighted by molar-refractivity contribution is 0.283. The molecule has 1 aliphatic rings. The van der Waals surface area contributed by atoms with Gasteiger partial charge in [0.25, 0.3) is 0 Å². The Balaban J connectivity index is 1.65. The van der Waals surface area contributed by atoms with Crippen LogP contribution in [0.5, 0.6) is 0 Å². The highest BCUT2D eigenvalue weighted by Crippen LogP contribution is 2.14. The Morgan fingerprint density at radius 1 is 1.43 bits per heavy atom. The third-order valence-electron chi connectivity index (χ3n) is 3.92. The summed E-state index contributed by atoms with van der Waals surface area (Å²) in [6.45, 7) is 1.87. The van der Waals surface area contributed by atoms with Crippen LogP contribution < -0.4 is 5.32 Å². The van der Waals surface area contributed by atoms with Crippen LogP contribution in [-0.2, 0) is 16.6 Å². The number of aromatic nitrogens is 2. The van der Waals surface area contributed by atoms with E-state index in [4.69, 9.17) is 0 Å². The summed E-state index contributed by atoms with van der Waals surface area (Å²) in [5, 5.41) is 3.45. The number of piperidine rings is 1. The van der Waals surface area contributed by atoms with Crippen LogP contribution >= 0.6 is 0 Å². The molecular weight excluding hydrogens is 288 g/mol. The van der Waals surface area contributed by atoms with E-state index in [1.807, 2.05) is 35.0 Å². The van der Waals surface area contributed by atoms with Gasteiger partial charge in [0.05, 0.1) is 18.1 Å². The molecule has 3 rings (SSSR count). The Kier molecular flexibility index (Phi) is 3.97. The second-order valence-corrected chi connectivity index (χ2v) is 7.50. The van der Waals surface area contributed by atoms with Gasteiger partial charge in [-0.25, -0.2) is 17.7 Å². The smallest absolute Gasteiger partial charge is 0.211 e. The van der Waals surface area contributed by atoms with Crippen molar-refractivity contribution in [2.75, 3.05) is 19.3 Å². The van der Waals surface area contributed by atoms with Crippen molar-refractivity contribution in [1.29, 1.82) is 0 Å². The number of imidazole rings is 1. The van der Waals surface area contributed by atoms with Crippen molar-refractivity contribution in [3.8, 4) is 0 Å². The Labute approximate surface area is 124 Å². The first kappa shape index (κ1) is 14.5. The highest BCUT2D eigenvalue weighted by Gasteiger charge is 2.25. The van der Waals surface area contributed by atoms with Gasteiger partial charge in [0.1, 0.15) is 5.65 Å². The number of hydrogen-bond acceptors (Lipinski definition) is 4. The average molecular weight is 308 g/mol. The molecule has 2 aromatic heterocycles. The highest BCUT2D eigenvalue weighted by atomic mass is 32.2. The molecule has 114 valence electrons. The van der Waals surface area contributed by atoms with E-state index in [1.54, 1.807) is 4.31 Å². The van der Waals surface area contributed by atoms with Gasteiger partial charge >= 0.3 is 0 Å². The Morgan fingerprint density at radius 3 is 3.10 bits per heavy atom. The maximum atomic E-state index is 11.6. The van der Waals surface area contributed by atoms with Crippen molar-refractivity contribution in [2.45, 2.75) is 25.4 Å². The topological polar surface area (TPSA) is 66.7 Å². The van der Waals surface area contributed by atoms with E-state index >= 15 is 0 Å². The zero-order valence-corrected chi connectivity index (χ0v) is 12.9. The Bertz CT molecular complexity index is 725. The minimum absolute atomic E-state index is 0.197. The number of nitrogens with one attached hydrogen (secondary N) is 1. The molecule has 21 heavy (non-hydrogen) atoms. The predicted molar refractivity (Wildman–Crippen MR) is 81.5 cm³/mol. The second kappa shape index (κ2) is 5.75. The summed E-state index contributed by atoms with van der Waals surface area (Å²) in [7, 11) is -3.09. The molecule has 0 radical (unpaired) electrons. The molecule has 0 saturated carbocycles. The zero-order valence-electron chi connectivity index (χ0n) is 12.1. The Morgan fingerprint density at radius 2 is 2.29 bits per heavy atom. The zero-order chi connectivity index (χ0) is 14.9. The van der Waals surface area contributed by atoms with Gasteiger partial charge in [-0.15, -0.1) is 0 Å². The molecule has 1 unspecified atom stereocenters. The first-order valence-electron chi connectivity index (χ1n) is 7.13. The monoisotopic (exact) mass is 308 g/mol. The molecule has 1 N–H and O–H groups in total. The lowest BCUT2D eigenvalue weighted by Gasteiger charge is -2.31. The molecule has 0 aliphatic carbocycles. The Hall–Kier alpha value is -1.44. The van der Waals surface area contributed by atoms with Gasteiger partial charge in [0.15, 0.2) is 0 Å². The van der Waals surface area contributed by atoms with Gasteiger partial charge < -0.3 is 9.72 Å². The fourth-order valence-corrected chi connectivity index (χ4v) is 3.69. The van der Waals surface area contributed by atoms with Gasteiger partial charge in [-0.05, 0) is 25.0 Å². The maximum Gasteiger partial charge on any atom is 0.211 e. The fourth-order valence-electron chi connectivity index (χ4n) is 2.77. The summed E-state index contributed by atoms with van der Waals surface area (Å²) < 4.78 is 26.9. The van der Waals surface area contributed by atoms with Gasteiger partial charge in [-0.3, -0.25) is 0 Å². The number of nitrogens with zero attached hydrogens (tertiary/aromatic N) is 3. The molecule has 1 saturated heterocycles. The van der Waals surface area contributed by atoms with Crippen molar-refractivity contribution in [3.05, 3.63) is 36.3 Å². The molecule has 6 nitrogen and oxygen atoms in total. The lowest BCUT2D eigenvalue weighted by atomic mass is 10.1. The molecule has 0 bridgehead atoms. The first-order chi connectivity index (χ1) is 10.0. The van der Waals surface area contributed by atoms with Gasteiger partial charge in [0.2, 0.25) is 10.0 Å². The molecule has 1 aliphatic heterocycles. The van der Waals surface area contributed by atoms with Gasteiger partial charge in [-0.1, -0.05) is 6.07 Å². The molecule has 3 heterocycles. The molecule has 0 spiro atoms. The van der Waals surface area contributed by atoms with Crippen molar-refractivity contribution in [1.82, 2.24) is 19.0 Å². The fraction of sp³-hybridized carbons (Fsp3) is 0.500. The van der Waals surface area contributed by atoms with Crippen molar-refractivity contribution < 1.29 is 8.42 Å². The first-order valence-corrected chi connectivity index (χ1v) is 8.98. The third kappa shape index (κ3) is 3.25. The maximum absolute atomic E-state index is 11.6. The van der Waals surface area contributed by atoms with E-state index in [1.165, 1.54) is 6.26 Å². The van der Waals surface area contributed by atoms with Gasteiger partial charge in [-0.2, -0.15) is 0 Å². The van der Waals surface area contributed by atoms with Crippen molar-refractivity contribution in [3.63, 3.8) is 0 Å². The summed E-state index contributed by atoms with van der Waals surface area (Å²) in [4.78, 5) is 4.35. The molecular formula is C14H20N4O2S. The van der Waals surface area contributed by atoms with Gasteiger partial charge in [0, 0.05) is 31.9 Å². The second-order valence-electron chi connectivity index (χ2n) is 5.52. The summed E-state index contributed by atoms with van der Waals surface area (Å²) in [6.07, 6.45) is 7.03. The van der Waals surface area contributed by atoms with Crippen LogP contribution in [0.4, 0.5) is 0 Å². The van der Waals surface area contributed by atoms with Crippen LogP contribution in [0, 0.1) is 0 Å². The highest BCUT2D eigenvalue weighted by molar-refractivity contribution is 7.88. The van der Waals surface area contributed by atoms with Crippen LogP contribution in [0.25, 0.3) is 5.65 Å². The summed E-state index contributed by atoms with van der Waals surface area (Å²) >= 11 is 0. The van der Waals surface area contributed by atoms with E-state index in [0.717, 1.165) is 24.2 Å². The molecule has 1 fully saturated rings. The van der Waals surface area contributed by atoms with E-state index in [0.29, 0.717) is 19.6 Å². The van der Waals surface area contributed by atoms with E-state index < -0.39 is 10.0 Å². The molecule has 0 amide bonds. The van der Waals surface area contributed by atoms with Crippen LogP contribution in [0.15, 0.2) is 30.6 Å². The minimum atomic E-state index is -3.09. The molecule has 7 heteroatoms. The predicted octanol–water partition coefficient (Wildman–Crippen LogP) is 0.848. The molecule has 1 atom stereocenters. The lowest BCUT2D eigenvalue weighted by Crippen LogP contribution is -2.47. The largest absolute Gasteiger partial charge is 0.307 e. The normalized spacial score (nSPS) is 20.9. The summed E-state index contributed by atoms with van der Waals surface area (Å²) in [5.74, 6) is 0. The van der Waals surface area contributed by atoms with Crippen LogP contribution in [0.3, 0.4) is 0 Å². The van der Waals surface area contributed by atoms with Crippen LogP contribution in [-0.4, -0.2) is 47.5 Å². The van der Waals surface area contributed by atoms with Crippen molar-refractivity contribution in [2.24, 2.45) is 0 Å². The summed E-state index contributed by atoms with van der Waals surface area (Å²) in [5.41, 5.74) is 2.01. The quantitative estimate of drug-likeness (QED) is 0.909. The van der Waals surface area contributed by atoms with Crippen LogP contribution in [0.2, 0.25) is 0 Å². The minimum Gasteiger partial charge on any atom is -0.307 e. The third-order valence-corrected chi connectivity index (χ3v) is 5.19. The number of hydrogen-bond donors (Lipinski definition) is 1. The van der Waals surface area contributed by atoms with Crippen molar-refractivity contribution >= 4 is 15.7 Å². The number of fused-ring (bicyclic) bond motifs is 1. The van der Waals surface area contributed by atoms with Crippen LogP contribution in [0.1, 0.15) is 18.5 Å². The SMILES string of the molecule is CS(=O)(=O)N1CCCC(NCc2cnc3ccccn23)C1. The number of pyridine rings is 1.